The van der Waals surface area contributed by atoms with Gasteiger partial charge in [0.2, 0.25) is 0 Å². The first-order valence-corrected chi connectivity index (χ1v) is 7.65. The van der Waals surface area contributed by atoms with Crippen molar-refractivity contribution in [3.05, 3.63) is 23.7 Å². The molecule has 0 amide bonds. The summed E-state index contributed by atoms with van der Waals surface area (Å²) in [4.78, 5) is 24.4. The van der Waals surface area contributed by atoms with Crippen molar-refractivity contribution in [2.45, 2.75) is 26.8 Å². The predicted octanol–water partition coefficient (Wildman–Crippen LogP) is 1.90. The highest BCUT2D eigenvalue weighted by molar-refractivity contribution is 6.06. The summed E-state index contributed by atoms with van der Waals surface area (Å²) in [6, 6.07) is 0. The number of carbonyl (C=O) groups excluding carboxylic acids is 2. The number of nitrogens with zero attached hydrogens (tertiary/aromatic N) is 4. The zero-order valence-electron chi connectivity index (χ0n) is 14.6. The van der Waals surface area contributed by atoms with E-state index in [9.17, 15) is 9.59 Å². The summed E-state index contributed by atoms with van der Waals surface area (Å²) in [5.41, 5.74) is 1.24. The molecule has 130 valence electrons. The lowest BCUT2D eigenvalue weighted by Gasteiger charge is -2.09. The molecule has 24 heavy (non-hydrogen) atoms. The van der Waals surface area contributed by atoms with Crippen molar-refractivity contribution in [2.75, 3.05) is 14.2 Å². The van der Waals surface area contributed by atoms with Gasteiger partial charge in [0.15, 0.2) is 5.69 Å². The smallest absolute Gasteiger partial charge is 0.359 e. The van der Waals surface area contributed by atoms with Gasteiger partial charge in [-0.05, 0) is 12.3 Å². The minimum absolute atomic E-state index is 0.0491. The van der Waals surface area contributed by atoms with Gasteiger partial charge in [-0.2, -0.15) is 10.2 Å². The van der Waals surface area contributed by atoms with Gasteiger partial charge in [-0.3, -0.25) is 9.36 Å². The van der Waals surface area contributed by atoms with Crippen LogP contribution in [0.15, 0.2) is 12.4 Å². The second-order valence-corrected chi connectivity index (χ2v) is 5.86. The topological polar surface area (TPSA) is 88.2 Å². The monoisotopic (exact) mass is 334 g/mol. The molecule has 0 aliphatic carbocycles. The second-order valence-electron chi connectivity index (χ2n) is 5.86. The fourth-order valence-electron chi connectivity index (χ4n) is 2.38. The van der Waals surface area contributed by atoms with Crippen LogP contribution in [0.25, 0.3) is 11.3 Å². The van der Waals surface area contributed by atoms with Crippen LogP contribution in [0, 0.1) is 5.92 Å². The van der Waals surface area contributed by atoms with E-state index in [0.29, 0.717) is 23.7 Å². The third-order valence-electron chi connectivity index (χ3n) is 3.62. The van der Waals surface area contributed by atoms with Gasteiger partial charge in [0, 0.05) is 25.4 Å². The minimum Gasteiger partial charge on any atom is -0.465 e. The first-order chi connectivity index (χ1) is 11.4. The zero-order chi connectivity index (χ0) is 17.9. The van der Waals surface area contributed by atoms with Crippen molar-refractivity contribution < 1.29 is 19.1 Å². The lowest BCUT2D eigenvalue weighted by Crippen LogP contribution is -2.11. The van der Waals surface area contributed by atoms with Crippen LogP contribution in [0.2, 0.25) is 0 Å². The number of ether oxygens (including phenoxy) is 2. The molecule has 0 saturated heterocycles. The number of aromatic nitrogens is 4. The summed E-state index contributed by atoms with van der Waals surface area (Å²) < 4.78 is 12.9. The number of hydrogen-bond acceptors (Lipinski definition) is 6. The van der Waals surface area contributed by atoms with Gasteiger partial charge in [0.1, 0.15) is 5.56 Å². The summed E-state index contributed by atoms with van der Waals surface area (Å²) in [5.74, 6) is -0.868. The van der Waals surface area contributed by atoms with Crippen molar-refractivity contribution in [3.63, 3.8) is 0 Å². The van der Waals surface area contributed by atoms with Gasteiger partial charge >= 0.3 is 11.9 Å². The van der Waals surface area contributed by atoms with Crippen molar-refractivity contribution in [1.29, 1.82) is 0 Å². The van der Waals surface area contributed by atoms with Crippen LogP contribution >= 0.6 is 0 Å². The van der Waals surface area contributed by atoms with Crippen molar-refractivity contribution in [1.82, 2.24) is 19.6 Å². The Morgan fingerprint density at radius 1 is 1.21 bits per heavy atom. The molecule has 0 aliphatic heterocycles. The Morgan fingerprint density at radius 2 is 1.88 bits per heavy atom. The zero-order valence-corrected chi connectivity index (χ0v) is 14.6. The largest absolute Gasteiger partial charge is 0.465 e. The van der Waals surface area contributed by atoms with Crippen LogP contribution < -0.4 is 0 Å². The van der Waals surface area contributed by atoms with Gasteiger partial charge in [-0.25, -0.2) is 9.59 Å². The lowest BCUT2D eigenvalue weighted by molar-refractivity contribution is 0.0552. The molecule has 0 spiro atoms. The maximum atomic E-state index is 12.3. The van der Waals surface area contributed by atoms with Gasteiger partial charge in [-0.1, -0.05) is 13.8 Å². The third kappa shape index (κ3) is 3.47. The van der Waals surface area contributed by atoms with Crippen LogP contribution in [-0.4, -0.2) is 45.7 Å². The van der Waals surface area contributed by atoms with E-state index in [1.54, 1.807) is 28.8 Å². The molecule has 2 rings (SSSR count). The normalized spacial score (nSPS) is 10.9. The van der Waals surface area contributed by atoms with E-state index in [1.807, 2.05) is 0 Å². The molecule has 0 aliphatic rings. The molecule has 0 saturated carbocycles. The molecule has 0 radical (unpaired) electrons. The van der Waals surface area contributed by atoms with E-state index >= 15 is 0 Å². The Labute approximate surface area is 140 Å². The first kappa shape index (κ1) is 17.7. The molecular formula is C16H22N4O4. The number of rotatable bonds is 6. The summed E-state index contributed by atoms with van der Waals surface area (Å²) in [5, 5.41) is 8.45. The molecule has 2 heterocycles. The van der Waals surface area contributed by atoms with E-state index < -0.39 is 11.9 Å². The Balaban J connectivity index is 2.66. The summed E-state index contributed by atoms with van der Waals surface area (Å²) in [6.07, 6.45) is 4.23. The molecule has 8 heteroatoms. The number of methoxy groups -OCH3 is 2. The molecule has 0 aromatic carbocycles. The molecule has 0 atom stereocenters. The van der Waals surface area contributed by atoms with E-state index in [2.05, 4.69) is 24.0 Å². The van der Waals surface area contributed by atoms with Crippen LogP contribution in [0.5, 0.6) is 0 Å². The number of esters is 2. The van der Waals surface area contributed by atoms with E-state index in [4.69, 9.17) is 9.47 Å². The van der Waals surface area contributed by atoms with Crippen molar-refractivity contribution >= 4 is 11.9 Å². The van der Waals surface area contributed by atoms with E-state index in [1.165, 1.54) is 14.2 Å². The standard InChI is InChI=1S/C16H22N4O4/c1-10(2)6-7-20-14(11-8-17-19(3)9-11)12(15(21)23-4)13(18-20)16(22)24-5/h8-10H,6-7H2,1-5H3. The highest BCUT2D eigenvalue weighted by atomic mass is 16.5. The highest BCUT2D eigenvalue weighted by Crippen LogP contribution is 2.28. The van der Waals surface area contributed by atoms with Gasteiger partial charge < -0.3 is 9.47 Å². The van der Waals surface area contributed by atoms with E-state index in [0.717, 1.165) is 6.42 Å². The van der Waals surface area contributed by atoms with Crippen LogP contribution in [0.4, 0.5) is 0 Å². The highest BCUT2D eigenvalue weighted by Gasteiger charge is 2.30. The van der Waals surface area contributed by atoms with Crippen molar-refractivity contribution in [3.8, 4) is 11.3 Å². The number of hydrogen-bond donors (Lipinski definition) is 0. The van der Waals surface area contributed by atoms with E-state index in [-0.39, 0.29) is 11.3 Å². The summed E-state index contributed by atoms with van der Waals surface area (Å²) in [6.45, 7) is 4.74. The Kier molecular flexibility index (Phi) is 5.38. The maximum absolute atomic E-state index is 12.3. The molecule has 8 nitrogen and oxygen atoms in total. The fraction of sp³-hybridized carbons (Fsp3) is 0.500. The van der Waals surface area contributed by atoms with Gasteiger partial charge in [-0.15, -0.1) is 0 Å². The molecule has 0 N–H and O–H groups in total. The second kappa shape index (κ2) is 7.29. The average Bonchev–Trinajstić information content (AvgIpc) is 3.14. The first-order valence-electron chi connectivity index (χ1n) is 7.65. The molecule has 2 aromatic heterocycles. The maximum Gasteiger partial charge on any atom is 0.359 e. The van der Waals surface area contributed by atoms with Crippen LogP contribution in [0.3, 0.4) is 0 Å². The Hall–Kier alpha value is -2.64. The molecule has 0 unspecified atom stereocenters. The Morgan fingerprint density at radius 3 is 2.38 bits per heavy atom. The predicted molar refractivity (Wildman–Crippen MR) is 86.6 cm³/mol. The lowest BCUT2D eigenvalue weighted by atomic mass is 10.1. The number of carbonyl (C=O) groups is 2. The Bertz CT molecular complexity index is 745. The van der Waals surface area contributed by atoms with Crippen molar-refractivity contribution in [2.24, 2.45) is 13.0 Å². The minimum atomic E-state index is -0.677. The van der Waals surface area contributed by atoms with Gasteiger partial charge in [0.05, 0.1) is 26.1 Å². The average molecular weight is 334 g/mol. The summed E-state index contributed by atoms with van der Waals surface area (Å²) in [7, 11) is 4.29. The quantitative estimate of drug-likeness (QED) is 0.750. The molecule has 2 aromatic rings. The van der Waals surface area contributed by atoms with Gasteiger partial charge in [0.25, 0.3) is 0 Å². The molecule has 0 bridgehead atoms. The number of aryl methyl sites for hydroxylation is 2. The SMILES string of the molecule is COC(=O)c1nn(CCC(C)C)c(-c2cnn(C)c2)c1C(=O)OC. The molecule has 0 fully saturated rings. The third-order valence-corrected chi connectivity index (χ3v) is 3.62. The van der Waals surface area contributed by atoms with Crippen LogP contribution in [0.1, 0.15) is 41.1 Å². The fourth-order valence-corrected chi connectivity index (χ4v) is 2.38. The summed E-state index contributed by atoms with van der Waals surface area (Å²) >= 11 is 0. The van der Waals surface area contributed by atoms with Crippen LogP contribution in [-0.2, 0) is 23.1 Å². The molecular weight excluding hydrogens is 312 g/mol.